The third-order valence-corrected chi connectivity index (χ3v) is 7.95. The Bertz CT molecular complexity index is 1440. The van der Waals surface area contributed by atoms with Gasteiger partial charge in [-0.05, 0) is 37.6 Å². The summed E-state index contributed by atoms with van der Waals surface area (Å²) in [5.74, 6) is -4.15. The van der Waals surface area contributed by atoms with Gasteiger partial charge < -0.3 is 24.8 Å². The first-order chi connectivity index (χ1) is 18.1. The Morgan fingerprint density at radius 1 is 1.23 bits per heavy atom. The van der Waals surface area contributed by atoms with E-state index in [1.807, 2.05) is 0 Å². The van der Waals surface area contributed by atoms with Crippen molar-refractivity contribution in [2.75, 3.05) is 18.4 Å². The number of likely N-dealkylation sites (tertiary alicyclic amines) is 1. The van der Waals surface area contributed by atoms with Gasteiger partial charge in [0, 0.05) is 38.4 Å². The summed E-state index contributed by atoms with van der Waals surface area (Å²) in [6, 6.07) is 0.599. The number of fused-ring (bicyclic) bond motifs is 2. The summed E-state index contributed by atoms with van der Waals surface area (Å²) in [6.45, 7) is 1.73. The van der Waals surface area contributed by atoms with Gasteiger partial charge >= 0.3 is 18.0 Å². The SMILES string of the molecule is Cc1cc(NC(=O)c2c3c(cn2C)S(=O)(=O)N[C@@H]2CN(C(=O)C(=O)N[C@H](C)C(F)(F)F)CC[C@H]2O3)ccc1F. The van der Waals surface area contributed by atoms with Gasteiger partial charge in [-0.2, -0.15) is 13.2 Å². The summed E-state index contributed by atoms with van der Waals surface area (Å²) in [4.78, 5) is 38.3. The second kappa shape index (κ2) is 10.1. The van der Waals surface area contributed by atoms with Crippen molar-refractivity contribution in [2.45, 2.75) is 49.5 Å². The van der Waals surface area contributed by atoms with Crippen LogP contribution >= 0.6 is 0 Å². The minimum Gasteiger partial charge on any atom is -0.485 e. The Hall–Kier alpha value is -3.66. The van der Waals surface area contributed by atoms with E-state index in [1.165, 1.54) is 42.9 Å². The molecule has 1 saturated heterocycles. The lowest BCUT2D eigenvalue weighted by Crippen LogP contribution is -2.59. The van der Waals surface area contributed by atoms with Crippen LogP contribution in [0.25, 0.3) is 0 Å². The Morgan fingerprint density at radius 3 is 2.56 bits per heavy atom. The number of aryl methyl sites for hydroxylation is 2. The molecule has 1 aromatic carbocycles. The van der Waals surface area contributed by atoms with Crippen LogP contribution in [-0.4, -0.2) is 73.1 Å². The minimum absolute atomic E-state index is 0.00752. The molecule has 3 N–H and O–H groups in total. The predicted molar refractivity (Wildman–Crippen MR) is 128 cm³/mol. The van der Waals surface area contributed by atoms with E-state index < -0.39 is 57.9 Å². The third-order valence-electron chi connectivity index (χ3n) is 6.47. The van der Waals surface area contributed by atoms with Crippen LogP contribution in [0.3, 0.4) is 0 Å². The van der Waals surface area contributed by atoms with Gasteiger partial charge in [-0.3, -0.25) is 14.4 Å². The third kappa shape index (κ3) is 5.71. The van der Waals surface area contributed by atoms with E-state index in [1.54, 1.807) is 5.32 Å². The van der Waals surface area contributed by atoms with Gasteiger partial charge in [0.05, 0.1) is 6.04 Å². The van der Waals surface area contributed by atoms with E-state index >= 15 is 0 Å². The van der Waals surface area contributed by atoms with Crippen molar-refractivity contribution in [1.29, 1.82) is 0 Å². The quantitative estimate of drug-likeness (QED) is 0.374. The highest BCUT2D eigenvalue weighted by atomic mass is 32.2. The number of halogens is 4. The van der Waals surface area contributed by atoms with Crippen molar-refractivity contribution >= 4 is 33.4 Å². The molecule has 16 heteroatoms. The smallest absolute Gasteiger partial charge is 0.408 e. The first-order valence-electron chi connectivity index (χ1n) is 11.7. The monoisotopic (exact) mass is 575 g/mol. The van der Waals surface area contributed by atoms with Crippen molar-refractivity contribution in [3.05, 3.63) is 41.5 Å². The normalized spacial score (nSPS) is 21.1. The molecule has 3 atom stereocenters. The first kappa shape index (κ1) is 28.4. The van der Waals surface area contributed by atoms with Crippen LogP contribution in [0.4, 0.5) is 23.2 Å². The van der Waals surface area contributed by atoms with Gasteiger partial charge in [0.25, 0.3) is 5.91 Å². The van der Waals surface area contributed by atoms with Gasteiger partial charge in [-0.15, -0.1) is 0 Å². The largest absolute Gasteiger partial charge is 0.485 e. The summed E-state index contributed by atoms with van der Waals surface area (Å²) in [5, 5.41) is 4.17. The number of alkyl halides is 3. The Kier molecular flexibility index (Phi) is 7.37. The standard InChI is InChI=1S/C23H25F4N5O6S/c1-11-8-13(4-5-14(11)24)29-20(33)18-19-17(10-31(18)3)39(36,37)30-15-9-32(7-6-16(15)38-19)22(35)21(34)28-12(2)23(25,26)27/h4-5,8,10,12,15-16,30H,6-7,9H2,1-3H3,(H,28,34)(H,29,33)/t12-,15-,16-/m1/s1. The molecule has 1 fully saturated rings. The molecular formula is C23H25F4N5O6S. The molecule has 3 heterocycles. The second-order valence-electron chi connectivity index (χ2n) is 9.36. The maximum absolute atomic E-state index is 13.6. The first-order valence-corrected chi connectivity index (χ1v) is 13.2. The molecular weight excluding hydrogens is 550 g/mol. The van der Waals surface area contributed by atoms with Crippen LogP contribution in [-0.2, 0) is 26.7 Å². The summed E-state index contributed by atoms with van der Waals surface area (Å²) < 4.78 is 87.9. The highest BCUT2D eigenvalue weighted by molar-refractivity contribution is 7.89. The number of aromatic nitrogens is 1. The van der Waals surface area contributed by atoms with Crippen LogP contribution in [0.15, 0.2) is 29.3 Å². The fraction of sp³-hybridized carbons (Fsp3) is 0.435. The number of carbonyl (C=O) groups is 3. The number of hydrogen-bond donors (Lipinski definition) is 3. The van der Waals surface area contributed by atoms with Crippen molar-refractivity contribution < 1.29 is 45.1 Å². The molecule has 0 bridgehead atoms. The van der Waals surface area contributed by atoms with E-state index in [0.717, 1.165) is 4.90 Å². The Balaban J connectivity index is 1.54. The fourth-order valence-electron chi connectivity index (χ4n) is 4.32. The van der Waals surface area contributed by atoms with Crippen LogP contribution in [0, 0.1) is 12.7 Å². The van der Waals surface area contributed by atoms with Crippen LogP contribution in [0.5, 0.6) is 5.75 Å². The number of ether oxygens (including phenoxy) is 1. The number of nitrogens with zero attached hydrogens (tertiary/aromatic N) is 2. The summed E-state index contributed by atoms with van der Waals surface area (Å²) in [7, 11) is -2.85. The molecule has 1 aromatic heterocycles. The van der Waals surface area contributed by atoms with Crippen molar-refractivity contribution in [3.63, 3.8) is 0 Å². The molecule has 11 nitrogen and oxygen atoms in total. The predicted octanol–water partition coefficient (Wildman–Crippen LogP) is 1.43. The summed E-state index contributed by atoms with van der Waals surface area (Å²) >= 11 is 0. The average molecular weight is 576 g/mol. The van der Waals surface area contributed by atoms with E-state index in [2.05, 4.69) is 10.0 Å². The molecule has 2 aliphatic rings. The molecule has 39 heavy (non-hydrogen) atoms. The number of anilines is 1. The molecule has 0 radical (unpaired) electrons. The van der Waals surface area contributed by atoms with Gasteiger partial charge in [-0.25, -0.2) is 17.5 Å². The number of benzene rings is 1. The highest BCUT2D eigenvalue weighted by Gasteiger charge is 2.44. The molecule has 3 amide bonds. The number of hydrogen-bond acceptors (Lipinski definition) is 6. The zero-order chi connectivity index (χ0) is 28.9. The molecule has 212 valence electrons. The average Bonchev–Trinajstić information content (AvgIpc) is 3.12. The van der Waals surface area contributed by atoms with Crippen molar-refractivity contribution in [3.8, 4) is 5.75 Å². The van der Waals surface area contributed by atoms with Crippen molar-refractivity contribution in [1.82, 2.24) is 19.5 Å². The molecule has 0 aliphatic carbocycles. The lowest BCUT2D eigenvalue weighted by atomic mass is 10.0. The maximum atomic E-state index is 13.6. The van der Waals surface area contributed by atoms with Crippen LogP contribution in [0.1, 0.15) is 29.4 Å². The Labute approximate surface area is 220 Å². The van der Waals surface area contributed by atoms with Crippen LogP contribution < -0.4 is 20.1 Å². The second-order valence-corrected chi connectivity index (χ2v) is 11.0. The lowest BCUT2D eigenvalue weighted by molar-refractivity contribution is -0.162. The molecule has 2 aliphatic heterocycles. The Morgan fingerprint density at radius 2 is 1.92 bits per heavy atom. The topological polar surface area (TPSA) is 139 Å². The van der Waals surface area contributed by atoms with Crippen molar-refractivity contribution in [2.24, 2.45) is 7.05 Å². The number of carbonyl (C=O) groups excluding carboxylic acids is 3. The number of amides is 3. The van der Waals surface area contributed by atoms with Gasteiger partial charge in [-0.1, -0.05) is 0 Å². The van der Waals surface area contributed by atoms with Gasteiger partial charge in [0.15, 0.2) is 11.4 Å². The van der Waals surface area contributed by atoms with Gasteiger partial charge in [0.1, 0.15) is 22.9 Å². The maximum Gasteiger partial charge on any atom is 0.408 e. The van der Waals surface area contributed by atoms with Gasteiger partial charge in [0.2, 0.25) is 10.0 Å². The van der Waals surface area contributed by atoms with E-state index in [-0.39, 0.29) is 47.1 Å². The van der Waals surface area contributed by atoms with E-state index in [4.69, 9.17) is 4.74 Å². The number of piperidine rings is 1. The van der Waals surface area contributed by atoms with E-state index in [9.17, 15) is 40.4 Å². The highest BCUT2D eigenvalue weighted by Crippen LogP contribution is 2.36. The fourth-order valence-corrected chi connectivity index (χ4v) is 5.76. The van der Waals surface area contributed by atoms with E-state index in [0.29, 0.717) is 6.92 Å². The number of rotatable bonds is 3. The summed E-state index contributed by atoms with van der Waals surface area (Å²) in [5.41, 5.74) is 0.426. The molecule has 0 spiro atoms. The summed E-state index contributed by atoms with van der Waals surface area (Å²) in [6.07, 6.45) is -4.44. The zero-order valence-corrected chi connectivity index (χ0v) is 21.7. The molecule has 0 saturated carbocycles. The zero-order valence-electron chi connectivity index (χ0n) is 20.9. The molecule has 0 unspecified atom stereocenters. The van der Waals surface area contributed by atoms with Crippen LogP contribution in [0.2, 0.25) is 0 Å². The molecule has 2 aromatic rings. The lowest BCUT2D eigenvalue weighted by Gasteiger charge is -2.37. The number of sulfonamides is 1. The number of nitrogens with one attached hydrogen (secondary N) is 3. The molecule has 4 rings (SSSR count). The minimum atomic E-state index is -4.75.